The summed E-state index contributed by atoms with van der Waals surface area (Å²) in [5.74, 6) is 0.656. The smallest absolute Gasteiger partial charge is 0.136 e. The number of ketones is 1. The Hall–Kier alpha value is -0.590. The van der Waals surface area contributed by atoms with E-state index in [-0.39, 0.29) is 5.92 Å². The second kappa shape index (κ2) is 4.32. The van der Waals surface area contributed by atoms with Gasteiger partial charge in [-0.1, -0.05) is 19.1 Å². The van der Waals surface area contributed by atoms with Crippen LogP contribution in [0.15, 0.2) is 12.2 Å². The average Bonchev–Trinajstić information content (AvgIpc) is 2.37. The molecule has 0 aliphatic heterocycles. The molecule has 0 heterocycles. The number of carbonyl (C=O) groups excluding carboxylic acids is 1. The van der Waals surface area contributed by atoms with E-state index in [1.54, 1.807) is 0 Å². The summed E-state index contributed by atoms with van der Waals surface area (Å²) < 4.78 is 0. The number of carbonyl (C=O) groups is 1. The fourth-order valence-corrected chi connectivity index (χ4v) is 1.38. The molecule has 0 aromatic carbocycles. The van der Waals surface area contributed by atoms with Crippen molar-refractivity contribution >= 4 is 5.78 Å². The molecule has 1 heteroatoms. The molecule has 0 aromatic heterocycles. The molecule has 1 aliphatic carbocycles. The molecule has 61 valence electrons. The van der Waals surface area contributed by atoms with Crippen LogP contribution in [0.4, 0.5) is 0 Å². The SMILES string of the molecule is CCC=CC[C@H]1[CH]CCC1=O. The van der Waals surface area contributed by atoms with Gasteiger partial charge in [-0.15, -0.1) is 0 Å². The van der Waals surface area contributed by atoms with Gasteiger partial charge in [0.05, 0.1) is 0 Å². The van der Waals surface area contributed by atoms with Gasteiger partial charge in [0.15, 0.2) is 0 Å². The van der Waals surface area contributed by atoms with E-state index in [0.29, 0.717) is 5.78 Å². The molecule has 1 radical (unpaired) electrons. The summed E-state index contributed by atoms with van der Waals surface area (Å²) in [5, 5.41) is 0. The molecule has 1 nitrogen and oxygen atoms in total. The van der Waals surface area contributed by atoms with Gasteiger partial charge in [0.1, 0.15) is 5.78 Å². The molecule has 0 amide bonds. The number of Topliss-reactive ketones (excluding diaryl/α,β-unsaturated/α-hetero) is 1. The molecule has 0 N–H and O–H groups in total. The summed E-state index contributed by atoms with van der Waals surface area (Å²) >= 11 is 0. The van der Waals surface area contributed by atoms with E-state index in [0.717, 1.165) is 25.7 Å². The predicted molar refractivity (Wildman–Crippen MR) is 46.1 cm³/mol. The first-order valence-corrected chi connectivity index (χ1v) is 4.35. The van der Waals surface area contributed by atoms with E-state index < -0.39 is 0 Å². The van der Waals surface area contributed by atoms with E-state index in [9.17, 15) is 4.79 Å². The molecule has 1 atom stereocenters. The first kappa shape index (κ1) is 8.51. The summed E-state index contributed by atoms with van der Waals surface area (Å²) in [6.07, 6.45) is 10.1. The van der Waals surface area contributed by atoms with Gasteiger partial charge < -0.3 is 0 Å². The third-order valence-corrected chi connectivity index (χ3v) is 2.05. The van der Waals surface area contributed by atoms with Gasteiger partial charge in [0, 0.05) is 12.3 Å². The zero-order chi connectivity index (χ0) is 8.10. The maximum absolute atomic E-state index is 11.1. The van der Waals surface area contributed by atoms with Crippen molar-refractivity contribution in [2.75, 3.05) is 0 Å². The van der Waals surface area contributed by atoms with Crippen LogP contribution in [0.5, 0.6) is 0 Å². The van der Waals surface area contributed by atoms with E-state index in [1.165, 1.54) is 0 Å². The topological polar surface area (TPSA) is 17.1 Å². The van der Waals surface area contributed by atoms with Crippen molar-refractivity contribution in [1.29, 1.82) is 0 Å². The zero-order valence-corrected chi connectivity index (χ0v) is 7.05. The second-order valence-corrected chi connectivity index (χ2v) is 2.96. The number of rotatable bonds is 3. The molecule has 0 saturated heterocycles. The molecule has 1 fully saturated rings. The lowest BCUT2D eigenvalue weighted by Gasteiger charge is -2.00. The summed E-state index contributed by atoms with van der Waals surface area (Å²) in [7, 11) is 0. The monoisotopic (exact) mass is 151 g/mol. The average molecular weight is 151 g/mol. The van der Waals surface area contributed by atoms with Crippen molar-refractivity contribution in [3.63, 3.8) is 0 Å². The minimum atomic E-state index is 0.234. The van der Waals surface area contributed by atoms with E-state index in [1.807, 2.05) is 0 Å². The molecular weight excluding hydrogens is 136 g/mol. The zero-order valence-electron chi connectivity index (χ0n) is 7.05. The van der Waals surface area contributed by atoms with Crippen LogP contribution in [0.25, 0.3) is 0 Å². The molecule has 0 spiro atoms. The highest BCUT2D eigenvalue weighted by Gasteiger charge is 2.22. The Kier molecular flexibility index (Phi) is 3.34. The molecule has 1 saturated carbocycles. The van der Waals surface area contributed by atoms with Crippen LogP contribution in [-0.4, -0.2) is 5.78 Å². The molecule has 0 unspecified atom stereocenters. The lowest BCUT2D eigenvalue weighted by atomic mass is 10.0. The van der Waals surface area contributed by atoms with Crippen LogP contribution in [-0.2, 0) is 4.79 Å². The quantitative estimate of drug-likeness (QED) is 0.566. The Morgan fingerprint density at radius 2 is 2.45 bits per heavy atom. The summed E-state index contributed by atoms with van der Waals surface area (Å²) in [4.78, 5) is 11.1. The van der Waals surface area contributed by atoms with Gasteiger partial charge in [-0.3, -0.25) is 4.79 Å². The second-order valence-electron chi connectivity index (χ2n) is 2.96. The van der Waals surface area contributed by atoms with Gasteiger partial charge in [-0.25, -0.2) is 0 Å². The third kappa shape index (κ3) is 2.49. The van der Waals surface area contributed by atoms with E-state index in [2.05, 4.69) is 25.5 Å². The lowest BCUT2D eigenvalue weighted by molar-refractivity contribution is -0.120. The molecule has 1 aliphatic rings. The fourth-order valence-electron chi connectivity index (χ4n) is 1.38. The molecule has 1 rings (SSSR count). The minimum absolute atomic E-state index is 0.234. The van der Waals surface area contributed by atoms with Crippen molar-refractivity contribution in [2.24, 2.45) is 5.92 Å². The maximum atomic E-state index is 11.1. The van der Waals surface area contributed by atoms with Crippen LogP contribution in [0.3, 0.4) is 0 Å². The largest absolute Gasteiger partial charge is 0.299 e. The van der Waals surface area contributed by atoms with Crippen LogP contribution in [0.1, 0.15) is 32.6 Å². The Morgan fingerprint density at radius 1 is 1.64 bits per heavy atom. The highest BCUT2D eigenvalue weighted by atomic mass is 16.1. The Morgan fingerprint density at radius 3 is 3.00 bits per heavy atom. The summed E-state index contributed by atoms with van der Waals surface area (Å²) in [6.45, 7) is 2.11. The predicted octanol–water partition coefficient (Wildman–Crippen LogP) is 2.53. The van der Waals surface area contributed by atoms with Crippen molar-refractivity contribution in [3.8, 4) is 0 Å². The van der Waals surface area contributed by atoms with Gasteiger partial charge in [0.25, 0.3) is 0 Å². The lowest BCUT2D eigenvalue weighted by Crippen LogP contribution is -2.04. The van der Waals surface area contributed by atoms with Crippen molar-refractivity contribution in [2.45, 2.75) is 32.6 Å². The van der Waals surface area contributed by atoms with Crippen LogP contribution < -0.4 is 0 Å². The van der Waals surface area contributed by atoms with Crippen LogP contribution >= 0.6 is 0 Å². The van der Waals surface area contributed by atoms with Crippen LogP contribution in [0, 0.1) is 12.3 Å². The van der Waals surface area contributed by atoms with Gasteiger partial charge >= 0.3 is 0 Å². The number of hydrogen-bond acceptors (Lipinski definition) is 1. The van der Waals surface area contributed by atoms with Gasteiger partial charge in [0.2, 0.25) is 0 Å². The summed E-state index contributed by atoms with van der Waals surface area (Å²) in [5.41, 5.74) is 0. The Bertz CT molecular complexity index is 158. The number of allylic oxidation sites excluding steroid dienone is 2. The molecule has 11 heavy (non-hydrogen) atoms. The van der Waals surface area contributed by atoms with E-state index in [4.69, 9.17) is 0 Å². The Labute approximate surface area is 68.5 Å². The first-order chi connectivity index (χ1) is 5.34. The van der Waals surface area contributed by atoms with Gasteiger partial charge in [-0.05, 0) is 25.7 Å². The third-order valence-electron chi connectivity index (χ3n) is 2.05. The molecule has 0 bridgehead atoms. The van der Waals surface area contributed by atoms with Crippen molar-refractivity contribution in [3.05, 3.63) is 18.6 Å². The fraction of sp³-hybridized carbons (Fsp3) is 0.600. The normalized spacial score (nSPS) is 25.2. The Balaban J connectivity index is 2.25. The minimum Gasteiger partial charge on any atom is -0.299 e. The van der Waals surface area contributed by atoms with Crippen molar-refractivity contribution in [1.82, 2.24) is 0 Å². The van der Waals surface area contributed by atoms with E-state index >= 15 is 0 Å². The maximum Gasteiger partial charge on any atom is 0.136 e. The highest BCUT2D eigenvalue weighted by Crippen LogP contribution is 2.23. The molecule has 0 aromatic rings. The summed E-state index contributed by atoms with van der Waals surface area (Å²) in [6, 6.07) is 0. The number of hydrogen-bond donors (Lipinski definition) is 0. The van der Waals surface area contributed by atoms with Crippen molar-refractivity contribution < 1.29 is 4.79 Å². The standard InChI is InChI=1S/C10H15O/c1-2-3-4-6-9-7-5-8-10(9)11/h3-4,7,9H,2,5-6,8H2,1H3/t9-/m0/s1. The van der Waals surface area contributed by atoms with Gasteiger partial charge in [-0.2, -0.15) is 0 Å². The van der Waals surface area contributed by atoms with Crippen LogP contribution in [0.2, 0.25) is 0 Å². The first-order valence-electron chi connectivity index (χ1n) is 4.35. The molecular formula is C10H15O. The highest BCUT2D eigenvalue weighted by molar-refractivity contribution is 5.84.